The maximum atomic E-state index is 11.6. The van der Waals surface area contributed by atoms with Gasteiger partial charge < -0.3 is 10.2 Å². The van der Waals surface area contributed by atoms with Gasteiger partial charge in [-0.15, -0.1) is 11.3 Å². The van der Waals surface area contributed by atoms with Gasteiger partial charge in [-0.05, 0) is 24.1 Å². The summed E-state index contributed by atoms with van der Waals surface area (Å²) in [6.45, 7) is 4.14. The van der Waals surface area contributed by atoms with Crippen LogP contribution < -0.4 is 10.2 Å². The Balaban J connectivity index is 1.85. The van der Waals surface area contributed by atoms with Gasteiger partial charge >= 0.3 is 0 Å². The summed E-state index contributed by atoms with van der Waals surface area (Å²) in [4.78, 5) is 29.2. The van der Waals surface area contributed by atoms with Gasteiger partial charge in [0.1, 0.15) is 0 Å². The molecule has 0 atom stereocenters. The molecule has 1 N–H and O–H groups in total. The predicted octanol–water partition coefficient (Wildman–Crippen LogP) is 3.07. The van der Waals surface area contributed by atoms with Gasteiger partial charge in [-0.3, -0.25) is 9.59 Å². The number of hydrogen-bond donors (Lipinski definition) is 1. The third-order valence-electron chi connectivity index (χ3n) is 3.72. The fraction of sp³-hybridized carbons (Fsp3) is 0.312. The Morgan fingerprint density at radius 3 is 2.95 bits per heavy atom. The van der Waals surface area contributed by atoms with Crippen molar-refractivity contribution < 1.29 is 9.59 Å². The number of aromatic nitrogens is 1. The number of nitrogens with one attached hydrogen (secondary N) is 1. The molecule has 5 nitrogen and oxygen atoms in total. The minimum Gasteiger partial charge on any atom is -0.312 e. The molecule has 0 spiro atoms. The van der Waals surface area contributed by atoms with E-state index in [1.54, 1.807) is 11.8 Å². The number of rotatable bonds is 3. The van der Waals surface area contributed by atoms with E-state index >= 15 is 0 Å². The molecule has 114 valence electrons. The first-order valence-corrected chi connectivity index (χ1v) is 8.13. The summed E-state index contributed by atoms with van der Waals surface area (Å²) < 4.78 is 0. The zero-order valence-corrected chi connectivity index (χ0v) is 13.4. The van der Waals surface area contributed by atoms with E-state index in [-0.39, 0.29) is 11.8 Å². The fourth-order valence-corrected chi connectivity index (χ4v) is 3.30. The van der Waals surface area contributed by atoms with E-state index in [1.165, 1.54) is 16.9 Å². The van der Waals surface area contributed by atoms with E-state index < -0.39 is 0 Å². The molecule has 2 heterocycles. The third kappa shape index (κ3) is 2.74. The van der Waals surface area contributed by atoms with Crippen molar-refractivity contribution in [3.05, 3.63) is 29.1 Å². The van der Waals surface area contributed by atoms with Crippen molar-refractivity contribution in [2.45, 2.75) is 26.7 Å². The second-order valence-electron chi connectivity index (χ2n) is 5.20. The predicted molar refractivity (Wildman–Crippen MR) is 88.2 cm³/mol. The molecule has 6 heteroatoms. The van der Waals surface area contributed by atoms with Crippen LogP contribution in [0.2, 0.25) is 0 Å². The van der Waals surface area contributed by atoms with Gasteiger partial charge in [-0.1, -0.05) is 13.0 Å². The van der Waals surface area contributed by atoms with Gasteiger partial charge in [0, 0.05) is 36.5 Å². The molecule has 2 aromatic rings. The molecule has 1 aromatic heterocycles. The number of fused-ring (bicyclic) bond motifs is 1. The minimum atomic E-state index is -0.0352. The van der Waals surface area contributed by atoms with Crippen molar-refractivity contribution in [2.24, 2.45) is 0 Å². The Bertz CT molecular complexity index is 739. The summed E-state index contributed by atoms with van der Waals surface area (Å²) in [6, 6.07) is 6.03. The van der Waals surface area contributed by atoms with Crippen LogP contribution in [0.5, 0.6) is 0 Å². The first kappa shape index (κ1) is 14.7. The molecular formula is C16H17N3O2S. The van der Waals surface area contributed by atoms with E-state index in [1.807, 2.05) is 24.4 Å². The molecule has 22 heavy (non-hydrogen) atoms. The smallest absolute Gasteiger partial charge is 0.225 e. The van der Waals surface area contributed by atoms with Crippen LogP contribution in [0.1, 0.15) is 25.8 Å². The summed E-state index contributed by atoms with van der Waals surface area (Å²) >= 11 is 1.42. The lowest BCUT2D eigenvalue weighted by Crippen LogP contribution is -2.25. The van der Waals surface area contributed by atoms with Crippen molar-refractivity contribution in [3.8, 4) is 11.3 Å². The van der Waals surface area contributed by atoms with Gasteiger partial charge in [0.05, 0.1) is 5.69 Å². The van der Waals surface area contributed by atoms with Crippen LogP contribution in [0.15, 0.2) is 23.6 Å². The van der Waals surface area contributed by atoms with Crippen molar-refractivity contribution in [1.29, 1.82) is 0 Å². The molecule has 0 aliphatic carbocycles. The van der Waals surface area contributed by atoms with Gasteiger partial charge in [0.2, 0.25) is 11.8 Å². The molecule has 1 aliphatic heterocycles. The SMILES string of the molecule is CCC(=O)Nc1nc(-c2ccc3c(c2)CCN3C(C)=O)cs1. The summed E-state index contributed by atoms with van der Waals surface area (Å²) in [5.74, 6) is 0.0386. The van der Waals surface area contributed by atoms with Crippen LogP contribution in [-0.2, 0) is 16.0 Å². The number of carbonyl (C=O) groups is 2. The van der Waals surface area contributed by atoms with E-state index in [0.29, 0.717) is 11.6 Å². The van der Waals surface area contributed by atoms with Gasteiger partial charge in [-0.25, -0.2) is 4.98 Å². The number of anilines is 2. The highest BCUT2D eigenvalue weighted by Gasteiger charge is 2.22. The second kappa shape index (κ2) is 5.88. The molecular weight excluding hydrogens is 298 g/mol. The van der Waals surface area contributed by atoms with E-state index in [9.17, 15) is 9.59 Å². The topological polar surface area (TPSA) is 62.3 Å². The molecule has 0 unspecified atom stereocenters. The quantitative estimate of drug-likeness (QED) is 0.947. The zero-order chi connectivity index (χ0) is 15.7. The molecule has 1 aromatic carbocycles. The lowest BCUT2D eigenvalue weighted by molar-refractivity contribution is -0.117. The van der Waals surface area contributed by atoms with E-state index in [2.05, 4.69) is 16.4 Å². The standard InChI is InChI=1S/C16H17N3O2S/c1-3-15(21)18-16-17-13(9-22-16)11-4-5-14-12(8-11)6-7-19(14)10(2)20/h4-5,8-9H,3,6-7H2,1-2H3,(H,17,18,21). The summed E-state index contributed by atoms with van der Waals surface area (Å²) in [5.41, 5.74) is 4.02. The monoisotopic (exact) mass is 315 g/mol. The average Bonchev–Trinajstić information content (AvgIpc) is 3.12. The fourth-order valence-electron chi connectivity index (χ4n) is 2.56. The molecule has 0 fully saturated rings. The normalized spacial score (nSPS) is 13.1. The van der Waals surface area contributed by atoms with Gasteiger partial charge in [0.15, 0.2) is 5.13 Å². The Hall–Kier alpha value is -2.21. The Kier molecular flexibility index (Phi) is 3.94. The highest BCUT2D eigenvalue weighted by molar-refractivity contribution is 7.14. The van der Waals surface area contributed by atoms with Crippen LogP contribution >= 0.6 is 11.3 Å². The minimum absolute atomic E-state index is 0.0352. The summed E-state index contributed by atoms with van der Waals surface area (Å²) in [5, 5.41) is 5.33. The number of carbonyl (C=O) groups excluding carboxylic acids is 2. The number of thiazole rings is 1. The first-order valence-electron chi connectivity index (χ1n) is 7.25. The maximum absolute atomic E-state index is 11.6. The van der Waals surface area contributed by atoms with Crippen LogP contribution in [0.25, 0.3) is 11.3 Å². The average molecular weight is 315 g/mol. The van der Waals surface area contributed by atoms with Crippen molar-refractivity contribution in [3.63, 3.8) is 0 Å². The van der Waals surface area contributed by atoms with Crippen LogP contribution in [0.4, 0.5) is 10.8 Å². The lowest BCUT2D eigenvalue weighted by atomic mass is 10.1. The van der Waals surface area contributed by atoms with Crippen LogP contribution in [0.3, 0.4) is 0 Å². The second-order valence-corrected chi connectivity index (χ2v) is 6.06. The number of nitrogens with zero attached hydrogens (tertiary/aromatic N) is 2. The first-order chi connectivity index (χ1) is 10.6. The Labute approximate surface area is 133 Å². The summed E-state index contributed by atoms with van der Waals surface area (Å²) in [7, 11) is 0. The molecule has 0 saturated heterocycles. The molecule has 2 amide bonds. The molecule has 0 saturated carbocycles. The van der Waals surface area contributed by atoms with Crippen molar-refractivity contribution >= 4 is 34.0 Å². The highest BCUT2D eigenvalue weighted by Crippen LogP contribution is 2.33. The molecule has 0 radical (unpaired) electrons. The van der Waals surface area contributed by atoms with Crippen molar-refractivity contribution in [1.82, 2.24) is 4.98 Å². The number of amides is 2. The van der Waals surface area contributed by atoms with Gasteiger partial charge in [0.25, 0.3) is 0 Å². The Morgan fingerprint density at radius 1 is 1.41 bits per heavy atom. The Morgan fingerprint density at radius 2 is 2.23 bits per heavy atom. The maximum Gasteiger partial charge on any atom is 0.225 e. The summed E-state index contributed by atoms with van der Waals surface area (Å²) in [6.07, 6.45) is 1.31. The van der Waals surface area contributed by atoms with Crippen LogP contribution in [0, 0.1) is 0 Å². The molecule has 3 rings (SSSR count). The zero-order valence-electron chi connectivity index (χ0n) is 12.5. The largest absolute Gasteiger partial charge is 0.312 e. The van der Waals surface area contributed by atoms with E-state index in [0.717, 1.165) is 29.9 Å². The van der Waals surface area contributed by atoms with E-state index in [4.69, 9.17) is 0 Å². The highest BCUT2D eigenvalue weighted by atomic mass is 32.1. The lowest BCUT2D eigenvalue weighted by Gasteiger charge is -2.14. The van der Waals surface area contributed by atoms with Crippen LogP contribution in [-0.4, -0.2) is 23.3 Å². The third-order valence-corrected chi connectivity index (χ3v) is 4.48. The molecule has 1 aliphatic rings. The van der Waals surface area contributed by atoms with Crippen molar-refractivity contribution in [2.75, 3.05) is 16.8 Å². The molecule has 0 bridgehead atoms. The number of hydrogen-bond acceptors (Lipinski definition) is 4. The number of benzene rings is 1. The van der Waals surface area contributed by atoms with Gasteiger partial charge in [-0.2, -0.15) is 0 Å².